The van der Waals surface area contributed by atoms with Crippen LogP contribution in [0.3, 0.4) is 0 Å². The number of anilines is 1. The molecular formula is C11H14FN3O2. The van der Waals surface area contributed by atoms with E-state index in [1.54, 1.807) is 6.07 Å². The SMILES string of the molecule is NCC1CCCN1c1cccc(F)c1[N+](=O)[O-]. The largest absolute Gasteiger partial charge is 0.362 e. The Labute approximate surface area is 98.2 Å². The Kier molecular flexibility index (Phi) is 3.23. The fourth-order valence-electron chi connectivity index (χ4n) is 2.31. The molecule has 0 radical (unpaired) electrons. The Hall–Kier alpha value is -1.69. The Balaban J connectivity index is 2.44. The van der Waals surface area contributed by atoms with Crippen molar-refractivity contribution < 1.29 is 9.31 Å². The van der Waals surface area contributed by atoms with E-state index >= 15 is 0 Å². The summed E-state index contributed by atoms with van der Waals surface area (Å²) < 4.78 is 13.5. The average molecular weight is 239 g/mol. The van der Waals surface area contributed by atoms with Gasteiger partial charge in [-0.3, -0.25) is 10.1 Å². The number of hydrogen-bond donors (Lipinski definition) is 1. The number of para-hydroxylation sites is 1. The second-order valence-corrected chi connectivity index (χ2v) is 4.09. The molecule has 0 amide bonds. The monoisotopic (exact) mass is 239 g/mol. The quantitative estimate of drug-likeness (QED) is 0.643. The first-order valence-electron chi connectivity index (χ1n) is 5.54. The third-order valence-electron chi connectivity index (χ3n) is 3.11. The van der Waals surface area contributed by atoms with E-state index < -0.39 is 16.4 Å². The number of nitrogens with zero attached hydrogens (tertiary/aromatic N) is 2. The van der Waals surface area contributed by atoms with Crippen LogP contribution in [0.1, 0.15) is 12.8 Å². The molecule has 1 aromatic rings. The van der Waals surface area contributed by atoms with E-state index in [-0.39, 0.29) is 6.04 Å². The summed E-state index contributed by atoms with van der Waals surface area (Å²) in [6.45, 7) is 1.11. The van der Waals surface area contributed by atoms with Gasteiger partial charge in [0.05, 0.1) is 4.92 Å². The lowest BCUT2D eigenvalue weighted by Crippen LogP contribution is -2.35. The number of halogens is 1. The molecule has 1 saturated heterocycles. The van der Waals surface area contributed by atoms with Crippen LogP contribution in [0.25, 0.3) is 0 Å². The number of nitrogens with two attached hydrogens (primary N) is 1. The van der Waals surface area contributed by atoms with Gasteiger partial charge in [0.2, 0.25) is 5.82 Å². The number of benzene rings is 1. The van der Waals surface area contributed by atoms with Crippen LogP contribution in [0, 0.1) is 15.9 Å². The Morgan fingerprint density at radius 3 is 3.00 bits per heavy atom. The molecule has 17 heavy (non-hydrogen) atoms. The summed E-state index contributed by atoms with van der Waals surface area (Å²) in [7, 11) is 0. The van der Waals surface area contributed by atoms with Crippen LogP contribution in [0.4, 0.5) is 15.8 Å². The summed E-state index contributed by atoms with van der Waals surface area (Å²) in [5, 5.41) is 10.9. The zero-order chi connectivity index (χ0) is 12.4. The lowest BCUT2D eigenvalue weighted by Gasteiger charge is -2.25. The van der Waals surface area contributed by atoms with Gasteiger partial charge in [0, 0.05) is 19.1 Å². The summed E-state index contributed by atoms with van der Waals surface area (Å²) in [6.07, 6.45) is 1.82. The van der Waals surface area contributed by atoms with Gasteiger partial charge in [0.25, 0.3) is 0 Å². The molecule has 1 aromatic carbocycles. The highest BCUT2D eigenvalue weighted by molar-refractivity contribution is 5.64. The lowest BCUT2D eigenvalue weighted by molar-refractivity contribution is -0.386. The van der Waals surface area contributed by atoms with Crippen molar-refractivity contribution in [1.82, 2.24) is 0 Å². The normalized spacial score (nSPS) is 19.6. The fourth-order valence-corrected chi connectivity index (χ4v) is 2.31. The van der Waals surface area contributed by atoms with Crippen LogP contribution in [0.5, 0.6) is 0 Å². The van der Waals surface area contributed by atoms with Gasteiger partial charge in [-0.25, -0.2) is 0 Å². The molecule has 0 bridgehead atoms. The first-order chi connectivity index (χ1) is 8.15. The van der Waals surface area contributed by atoms with E-state index in [1.165, 1.54) is 6.07 Å². The predicted octanol–water partition coefficient (Wildman–Crippen LogP) is 1.66. The van der Waals surface area contributed by atoms with Gasteiger partial charge >= 0.3 is 5.69 Å². The molecule has 1 fully saturated rings. The molecule has 1 atom stereocenters. The summed E-state index contributed by atoms with van der Waals surface area (Å²) in [5.41, 5.74) is 5.51. The summed E-state index contributed by atoms with van der Waals surface area (Å²) in [6, 6.07) is 4.24. The van der Waals surface area contributed by atoms with E-state index in [1.807, 2.05) is 4.90 Å². The molecule has 0 saturated carbocycles. The van der Waals surface area contributed by atoms with Crippen molar-refractivity contribution in [3.8, 4) is 0 Å². The van der Waals surface area contributed by atoms with E-state index in [0.29, 0.717) is 18.8 Å². The number of hydrogen-bond acceptors (Lipinski definition) is 4. The third kappa shape index (κ3) is 2.08. The number of nitro benzene ring substituents is 1. The van der Waals surface area contributed by atoms with Gasteiger partial charge in [-0.1, -0.05) is 6.07 Å². The van der Waals surface area contributed by atoms with Crippen LogP contribution in [0.2, 0.25) is 0 Å². The Bertz CT molecular complexity index is 439. The molecule has 92 valence electrons. The standard InChI is InChI=1S/C11H14FN3O2/c12-9-4-1-5-10(11(9)15(16)17)14-6-2-3-8(14)7-13/h1,4-5,8H,2-3,6-7,13H2. The summed E-state index contributed by atoms with van der Waals surface area (Å²) >= 11 is 0. The molecule has 1 aliphatic rings. The molecule has 5 nitrogen and oxygen atoms in total. The fraction of sp³-hybridized carbons (Fsp3) is 0.455. The Morgan fingerprint density at radius 1 is 1.59 bits per heavy atom. The minimum absolute atomic E-state index is 0.0653. The van der Waals surface area contributed by atoms with Gasteiger partial charge in [-0.2, -0.15) is 4.39 Å². The van der Waals surface area contributed by atoms with Gasteiger partial charge in [-0.15, -0.1) is 0 Å². The second-order valence-electron chi connectivity index (χ2n) is 4.09. The maximum Gasteiger partial charge on any atom is 0.327 e. The molecule has 0 aliphatic carbocycles. The van der Waals surface area contributed by atoms with E-state index in [4.69, 9.17) is 5.73 Å². The van der Waals surface area contributed by atoms with Crippen LogP contribution in [-0.2, 0) is 0 Å². The van der Waals surface area contributed by atoms with Crippen LogP contribution in [0.15, 0.2) is 18.2 Å². The molecule has 1 aliphatic heterocycles. The molecule has 6 heteroatoms. The van der Waals surface area contributed by atoms with Crippen LogP contribution in [-0.4, -0.2) is 24.1 Å². The summed E-state index contributed by atoms with van der Waals surface area (Å²) in [5.74, 6) is -0.796. The van der Waals surface area contributed by atoms with Crippen LogP contribution >= 0.6 is 0 Å². The highest BCUT2D eigenvalue weighted by Gasteiger charge is 2.30. The molecule has 1 unspecified atom stereocenters. The van der Waals surface area contributed by atoms with Gasteiger partial charge < -0.3 is 10.6 Å². The van der Waals surface area contributed by atoms with Crippen molar-refractivity contribution in [2.45, 2.75) is 18.9 Å². The first kappa shape index (κ1) is 11.8. The van der Waals surface area contributed by atoms with Gasteiger partial charge in [0.1, 0.15) is 5.69 Å². The van der Waals surface area contributed by atoms with E-state index in [9.17, 15) is 14.5 Å². The van der Waals surface area contributed by atoms with Crippen molar-refractivity contribution in [1.29, 1.82) is 0 Å². The minimum Gasteiger partial charge on any atom is -0.362 e. The maximum absolute atomic E-state index is 13.5. The van der Waals surface area contributed by atoms with Gasteiger partial charge in [0.15, 0.2) is 0 Å². The van der Waals surface area contributed by atoms with Crippen molar-refractivity contribution in [2.75, 3.05) is 18.0 Å². The topological polar surface area (TPSA) is 72.4 Å². The minimum atomic E-state index is -0.796. The third-order valence-corrected chi connectivity index (χ3v) is 3.11. The first-order valence-corrected chi connectivity index (χ1v) is 5.54. The molecular weight excluding hydrogens is 225 g/mol. The average Bonchev–Trinajstić information content (AvgIpc) is 2.75. The Morgan fingerprint density at radius 2 is 2.35 bits per heavy atom. The number of rotatable bonds is 3. The highest BCUT2D eigenvalue weighted by atomic mass is 19.1. The zero-order valence-electron chi connectivity index (χ0n) is 9.30. The molecule has 0 aromatic heterocycles. The second kappa shape index (κ2) is 4.67. The number of nitro groups is 1. The maximum atomic E-state index is 13.5. The lowest BCUT2D eigenvalue weighted by atomic mass is 10.2. The summed E-state index contributed by atoms with van der Waals surface area (Å²) in [4.78, 5) is 12.1. The van der Waals surface area contributed by atoms with E-state index in [0.717, 1.165) is 18.9 Å². The zero-order valence-corrected chi connectivity index (χ0v) is 9.30. The van der Waals surface area contributed by atoms with Crippen LogP contribution < -0.4 is 10.6 Å². The van der Waals surface area contributed by atoms with Crippen molar-refractivity contribution in [2.24, 2.45) is 5.73 Å². The molecule has 2 N–H and O–H groups in total. The van der Waals surface area contributed by atoms with Crippen molar-refractivity contribution in [3.63, 3.8) is 0 Å². The van der Waals surface area contributed by atoms with E-state index in [2.05, 4.69) is 0 Å². The molecule has 0 spiro atoms. The van der Waals surface area contributed by atoms with Crippen molar-refractivity contribution >= 4 is 11.4 Å². The predicted molar refractivity (Wildman–Crippen MR) is 62.5 cm³/mol. The highest BCUT2D eigenvalue weighted by Crippen LogP contribution is 2.34. The molecule has 2 rings (SSSR count). The smallest absolute Gasteiger partial charge is 0.327 e. The van der Waals surface area contributed by atoms with Crippen molar-refractivity contribution in [3.05, 3.63) is 34.1 Å². The van der Waals surface area contributed by atoms with Gasteiger partial charge in [-0.05, 0) is 25.0 Å². The molecule has 1 heterocycles.